The van der Waals surface area contributed by atoms with E-state index in [2.05, 4.69) is 5.32 Å². The van der Waals surface area contributed by atoms with Crippen LogP contribution in [0.15, 0.2) is 24.3 Å². The Labute approximate surface area is 130 Å². The first-order chi connectivity index (χ1) is 10.2. The first-order valence-electron chi connectivity index (χ1n) is 7.01. The van der Waals surface area contributed by atoms with E-state index in [4.69, 9.17) is 9.47 Å². The van der Waals surface area contributed by atoms with Crippen molar-refractivity contribution >= 4 is 12.1 Å². The van der Waals surface area contributed by atoms with Crippen molar-refractivity contribution in [3.05, 3.63) is 29.8 Å². The first kappa shape index (κ1) is 17.8. The van der Waals surface area contributed by atoms with Crippen molar-refractivity contribution < 1.29 is 24.2 Å². The lowest BCUT2D eigenvalue weighted by molar-refractivity contribution is -0.140. The van der Waals surface area contributed by atoms with E-state index in [0.717, 1.165) is 0 Å². The van der Waals surface area contributed by atoms with Crippen LogP contribution in [0, 0.1) is 0 Å². The predicted molar refractivity (Wildman–Crippen MR) is 82.2 cm³/mol. The number of alkyl carbamates (subject to hydrolysis) is 1. The average molecular weight is 309 g/mol. The van der Waals surface area contributed by atoms with Crippen molar-refractivity contribution in [3.8, 4) is 5.75 Å². The summed E-state index contributed by atoms with van der Waals surface area (Å²) < 4.78 is 10.4. The van der Waals surface area contributed by atoms with Gasteiger partial charge in [0.25, 0.3) is 0 Å². The Balaban J connectivity index is 2.96. The van der Waals surface area contributed by atoms with E-state index < -0.39 is 29.6 Å². The number of amides is 1. The minimum absolute atomic E-state index is 0.485. The summed E-state index contributed by atoms with van der Waals surface area (Å²) in [5, 5.41) is 11.8. The molecule has 2 N–H and O–H groups in total. The standard InChI is InChI=1S/C16H23NO5/c1-10(11-8-6-7-9-12(11)21-5)13(14(18)19)17-15(20)22-16(2,3)4/h6-10,13H,1-5H3,(H,17,20)(H,18,19)/t10-,13-/m0/s1. The van der Waals surface area contributed by atoms with Gasteiger partial charge in [0, 0.05) is 5.92 Å². The third kappa shape index (κ3) is 4.95. The zero-order chi connectivity index (χ0) is 16.9. The van der Waals surface area contributed by atoms with E-state index in [-0.39, 0.29) is 0 Å². The smallest absolute Gasteiger partial charge is 0.408 e. The van der Waals surface area contributed by atoms with Crippen molar-refractivity contribution in [2.24, 2.45) is 0 Å². The molecule has 2 atom stereocenters. The number of carbonyl (C=O) groups excluding carboxylic acids is 1. The number of rotatable bonds is 5. The third-order valence-electron chi connectivity index (χ3n) is 3.07. The molecule has 1 aromatic rings. The Morgan fingerprint density at radius 2 is 1.82 bits per heavy atom. The Morgan fingerprint density at radius 3 is 2.32 bits per heavy atom. The van der Waals surface area contributed by atoms with Gasteiger partial charge in [-0.15, -0.1) is 0 Å². The molecule has 122 valence electrons. The number of hydrogen-bond acceptors (Lipinski definition) is 4. The van der Waals surface area contributed by atoms with Gasteiger partial charge in [0.15, 0.2) is 0 Å². The number of nitrogens with one attached hydrogen (secondary N) is 1. The highest BCUT2D eigenvalue weighted by Crippen LogP contribution is 2.28. The minimum atomic E-state index is -1.13. The molecule has 0 spiro atoms. The molecule has 6 heteroatoms. The van der Waals surface area contributed by atoms with Crippen molar-refractivity contribution in [1.82, 2.24) is 5.32 Å². The Hall–Kier alpha value is -2.24. The van der Waals surface area contributed by atoms with Crippen LogP contribution in [0.5, 0.6) is 5.75 Å². The van der Waals surface area contributed by atoms with Crippen LogP contribution in [0.3, 0.4) is 0 Å². The molecular weight excluding hydrogens is 286 g/mol. The molecule has 0 radical (unpaired) electrons. The molecule has 0 fully saturated rings. The monoisotopic (exact) mass is 309 g/mol. The molecule has 22 heavy (non-hydrogen) atoms. The number of hydrogen-bond donors (Lipinski definition) is 2. The number of methoxy groups -OCH3 is 1. The zero-order valence-electron chi connectivity index (χ0n) is 13.5. The van der Waals surface area contributed by atoms with Crippen LogP contribution >= 0.6 is 0 Å². The fourth-order valence-corrected chi connectivity index (χ4v) is 2.06. The molecule has 0 unspecified atom stereocenters. The SMILES string of the molecule is COc1ccccc1[C@H](C)[C@H](NC(=O)OC(C)(C)C)C(=O)O. The summed E-state index contributed by atoms with van der Waals surface area (Å²) in [5.74, 6) is -1.04. The van der Waals surface area contributed by atoms with Crippen molar-refractivity contribution in [3.63, 3.8) is 0 Å². The lowest BCUT2D eigenvalue weighted by Gasteiger charge is -2.25. The molecule has 0 aliphatic rings. The van der Waals surface area contributed by atoms with E-state index in [9.17, 15) is 14.7 Å². The zero-order valence-corrected chi connectivity index (χ0v) is 13.5. The van der Waals surface area contributed by atoms with Gasteiger partial charge < -0.3 is 19.9 Å². The van der Waals surface area contributed by atoms with E-state index in [1.54, 1.807) is 52.0 Å². The molecule has 1 amide bonds. The summed E-state index contributed by atoms with van der Waals surface area (Å²) in [6.45, 7) is 6.86. The number of carboxylic acid groups (broad SMARTS) is 1. The van der Waals surface area contributed by atoms with Crippen LogP contribution < -0.4 is 10.1 Å². The molecule has 0 bridgehead atoms. The van der Waals surface area contributed by atoms with Crippen LogP contribution in [-0.4, -0.2) is 35.9 Å². The molecular formula is C16H23NO5. The predicted octanol–water partition coefficient (Wildman–Crippen LogP) is 2.78. The number of aliphatic carboxylic acids is 1. The largest absolute Gasteiger partial charge is 0.496 e. The lowest BCUT2D eigenvalue weighted by atomic mass is 9.92. The molecule has 1 rings (SSSR count). The Kier molecular flexibility index (Phi) is 5.79. The number of benzene rings is 1. The molecule has 0 saturated carbocycles. The van der Waals surface area contributed by atoms with Crippen LogP contribution in [-0.2, 0) is 9.53 Å². The van der Waals surface area contributed by atoms with E-state index in [1.807, 2.05) is 0 Å². The summed E-state index contributed by atoms with van der Waals surface area (Å²) in [4.78, 5) is 23.3. The highest BCUT2D eigenvalue weighted by molar-refractivity contribution is 5.81. The summed E-state index contributed by atoms with van der Waals surface area (Å²) in [6, 6.07) is 5.99. The van der Waals surface area contributed by atoms with Gasteiger partial charge in [-0.25, -0.2) is 9.59 Å². The number of ether oxygens (including phenoxy) is 2. The number of carboxylic acids is 1. The van der Waals surface area contributed by atoms with Crippen molar-refractivity contribution in [2.45, 2.75) is 45.3 Å². The second-order valence-corrected chi connectivity index (χ2v) is 5.99. The van der Waals surface area contributed by atoms with Crippen LogP contribution in [0.2, 0.25) is 0 Å². The first-order valence-corrected chi connectivity index (χ1v) is 7.01. The van der Waals surface area contributed by atoms with E-state index in [1.165, 1.54) is 7.11 Å². The fourth-order valence-electron chi connectivity index (χ4n) is 2.06. The number of carbonyl (C=O) groups is 2. The quantitative estimate of drug-likeness (QED) is 0.873. The maximum Gasteiger partial charge on any atom is 0.408 e. The van der Waals surface area contributed by atoms with Gasteiger partial charge in [0.2, 0.25) is 0 Å². The summed E-state index contributed by atoms with van der Waals surface area (Å²) in [6.07, 6.45) is -0.762. The molecule has 0 aromatic heterocycles. The molecule has 0 aliphatic carbocycles. The lowest BCUT2D eigenvalue weighted by Crippen LogP contribution is -2.46. The van der Waals surface area contributed by atoms with Crippen molar-refractivity contribution in [1.29, 1.82) is 0 Å². The van der Waals surface area contributed by atoms with Gasteiger partial charge in [-0.05, 0) is 32.4 Å². The Morgan fingerprint density at radius 1 is 1.23 bits per heavy atom. The average Bonchev–Trinajstić information content (AvgIpc) is 2.41. The van der Waals surface area contributed by atoms with Gasteiger partial charge in [-0.3, -0.25) is 0 Å². The molecule has 1 aromatic carbocycles. The van der Waals surface area contributed by atoms with Gasteiger partial charge >= 0.3 is 12.1 Å². The highest BCUT2D eigenvalue weighted by Gasteiger charge is 2.31. The molecule has 0 aliphatic heterocycles. The minimum Gasteiger partial charge on any atom is -0.496 e. The molecule has 6 nitrogen and oxygen atoms in total. The maximum absolute atomic E-state index is 11.8. The van der Waals surface area contributed by atoms with Crippen LogP contribution in [0.25, 0.3) is 0 Å². The Bertz CT molecular complexity index is 536. The van der Waals surface area contributed by atoms with Gasteiger partial charge in [0.05, 0.1) is 7.11 Å². The van der Waals surface area contributed by atoms with E-state index >= 15 is 0 Å². The topological polar surface area (TPSA) is 84.9 Å². The third-order valence-corrected chi connectivity index (χ3v) is 3.07. The normalized spacial score (nSPS) is 13.9. The van der Waals surface area contributed by atoms with Crippen molar-refractivity contribution in [2.75, 3.05) is 7.11 Å². The van der Waals surface area contributed by atoms with Crippen LogP contribution in [0.4, 0.5) is 4.79 Å². The second-order valence-electron chi connectivity index (χ2n) is 5.99. The summed E-state index contributed by atoms with van der Waals surface area (Å²) in [7, 11) is 1.52. The maximum atomic E-state index is 11.8. The van der Waals surface area contributed by atoms with Gasteiger partial charge in [0.1, 0.15) is 17.4 Å². The van der Waals surface area contributed by atoms with E-state index in [0.29, 0.717) is 11.3 Å². The van der Waals surface area contributed by atoms with Gasteiger partial charge in [-0.1, -0.05) is 25.1 Å². The highest BCUT2D eigenvalue weighted by atomic mass is 16.6. The van der Waals surface area contributed by atoms with Gasteiger partial charge in [-0.2, -0.15) is 0 Å². The second kappa shape index (κ2) is 7.15. The number of para-hydroxylation sites is 1. The molecule has 0 heterocycles. The summed E-state index contributed by atoms with van der Waals surface area (Å²) in [5.41, 5.74) is 0.00864. The van der Waals surface area contributed by atoms with Crippen LogP contribution in [0.1, 0.15) is 39.2 Å². The fraction of sp³-hybridized carbons (Fsp3) is 0.500. The molecule has 0 saturated heterocycles. The summed E-state index contributed by atoms with van der Waals surface area (Å²) >= 11 is 0.